The van der Waals surface area contributed by atoms with Crippen LogP contribution in [0.3, 0.4) is 0 Å². The van der Waals surface area contributed by atoms with E-state index in [-0.39, 0.29) is 64.8 Å². The molecule has 105 heavy (non-hydrogen) atoms. The highest BCUT2D eigenvalue weighted by atomic mass is 35.5. The minimum atomic E-state index is -0.422. The summed E-state index contributed by atoms with van der Waals surface area (Å²) in [4.78, 5) is 59.7. The number of phenolic OH excluding ortho intramolecular Hbond substituents is 5. The number of benzene rings is 10. The van der Waals surface area contributed by atoms with Gasteiger partial charge in [0.25, 0.3) is 29.5 Å². The third-order valence-corrected chi connectivity index (χ3v) is 18.1. The standard InChI is InChI=1S/4C16H13ClN2O2.C16H13FN2O2/c1-9-10-4-2-6-13(15(10)16(21)19-9)18-8-11-12(17)5-3-7-14(11)20;1-9-11-5-3-7-13(14(11)16(21)19-9)18-8-10-4-2-6-12(17)15(10)20;1-9-13-3-2-4-14(15(13)16(21)19-9)18-8-10-5-11(17)7-12(20)6-10;2*1-9-12-3-2-4-13(15(12)16(21)19-9)18-8-10-7-11(17)5-6-14(10)20/h5*2-7,18,20H,1,8H2,(H,19,21). The lowest BCUT2D eigenvalue weighted by atomic mass is 10.1. The van der Waals surface area contributed by atoms with Crippen LogP contribution in [0, 0.1) is 5.82 Å². The fraction of sp³-hybridized carbons (Fsp3) is 0.0625. The van der Waals surface area contributed by atoms with Gasteiger partial charge < -0.3 is 78.7 Å². The highest BCUT2D eigenvalue weighted by Gasteiger charge is 2.30. The van der Waals surface area contributed by atoms with E-state index in [1.54, 1.807) is 84.9 Å². The first-order valence-electron chi connectivity index (χ1n) is 32.1. The average molecular weight is 1490 g/mol. The average Bonchev–Trinajstić information content (AvgIpc) is 1.68. The molecule has 0 aromatic heterocycles. The number of phenols is 5. The van der Waals surface area contributed by atoms with Crippen LogP contribution in [-0.4, -0.2) is 55.1 Å². The van der Waals surface area contributed by atoms with Crippen molar-refractivity contribution in [1.82, 2.24) is 26.6 Å². The Kier molecular flexibility index (Phi) is 22.5. The Balaban J connectivity index is 0.000000131. The van der Waals surface area contributed by atoms with Gasteiger partial charge in [0, 0.05) is 155 Å². The minimum absolute atomic E-state index is 0.00494. The largest absolute Gasteiger partial charge is 0.508 e. The molecule has 0 spiro atoms. The topological polar surface area (TPSA) is 307 Å². The monoisotopic (exact) mass is 1480 g/mol. The molecule has 0 unspecified atom stereocenters. The lowest BCUT2D eigenvalue weighted by Gasteiger charge is -2.12. The number of carbonyl (C=O) groups is 5. The number of anilines is 5. The van der Waals surface area contributed by atoms with Crippen molar-refractivity contribution in [2.24, 2.45) is 0 Å². The van der Waals surface area contributed by atoms with Crippen molar-refractivity contribution in [1.29, 1.82) is 0 Å². The molecule has 530 valence electrons. The number of nitrogens with one attached hydrogen (secondary N) is 10. The van der Waals surface area contributed by atoms with Gasteiger partial charge >= 0.3 is 0 Å². The summed E-state index contributed by atoms with van der Waals surface area (Å²) in [6, 6.07) is 51.0. The van der Waals surface area contributed by atoms with Crippen molar-refractivity contribution < 1.29 is 53.9 Å². The van der Waals surface area contributed by atoms with Crippen LogP contribution in [0.5, 0.6) is 28.7 Å². The van der Waals surface area contributed by atoms with Crippen LogP contribution in [-0.2, 0) is 32.7 Å². The Morgan fingerprint density at radius 3 is 1.10 bits per heavy atom. The van der Waals surface area contributed by atoms with Gasteiger partial charge in [-0.15, -0.1) is 0 Å². The van der Waals surface area contributed by atoms with E-state index in [0.717, 1.165) is 39.1 Å². The minimum Gasteiger partial charge on any atom is -0.508 e. The van der Waals surface area contributed by atoms with Crippen LogP contribution in [0.25, 0.3) is 28.5 Å². The predicted molar refractivity (Wildman–Crippen MR) is 412 cm³/mol. The first-order chi connectivity index (χ1) is 50.3. The molecule has 5 aliphatic rings. The molecule has 0 fully saturated rings. The summed E-state index contributed by atoms with van der Waals surface area (Å²) >= 11 is 23.8. The lowest BCUT2D eigenvalue weighted by molar-refractivity contribution is 0.0973. The maximum Gasteiger partial charge on any atom is 0.258 e. The summed E-state index contributed by atoms with van der Waals surface area (Å²) in [5, 5.41) is 79.7. The normalized spacial score (nSPS) is 13.0. The predicted octanol–water partition coefficient (Wildman–Crippen LogP) is 16.3. The molecule has 10 aromatic carbocycles. The van der Waals surface area contributed by atoms with Gasteiger partial charge in [0.15, 0.2) is 0 Å². The number of carbonyl (C=O) groups excluding carboxylic acids is 5. The van der Waals surface area contributed by atoms with Gasteiger partial charge in [-0.2, -0.15) is 0 Å². The molecule has 0 aliphatic carbocycles. The second-order valence-corrected chi connectivity index (χ2v) is 25.6. The third kappa shape index (κ3) is 16.8. The van der Waals surface area contributed by atoms with Crippen LogP contribution in [0.15, 0.2) is 215 Å². The second kappa shape index (κ2) is 32.1. The van der Waals surface area contributed by atoms with Gasteiger partial charge in [0.2, 0.25) is 0 Å². The summed E-state index contributed by atoms with van der Waals surface area (Å²) in [5.74, 6) is -0.877. The van der Waals surface area contributed by atoms with E-state index in [1.807, 2.05) is 72.8 Å². The molecule has 0 saturated carbocycles. The van der Waals surface area contributed by atoms with Gasteiger partial charge in [-0.05, 0) is 109 Å². The molecular formula is C80H65Cl4FN10O10. The number of para-hydroxylation sites is 1. The summed E-state index contributed by atoms with van der Waals surface area (Å²) in [5.41, 5.74) is 16.3. The van der Waals surface area contributed by atoms with Gasteiger partial charge in [0.1, 0.15) is 34.6 Å². The van der Waals surface area contributed by atoms with E-state index >= 15 is 0 Å². The Morgan fingerprint density at radius 1 is 0.333 bits per heavy atom. The molecule has 20 nitrogen and oxygen atoms in total. The number of hydrogen-bond donors (Lipinski definition) is 15. The zero-order chi connectivity index (χ0) is 74.9. The highest BCUT2D eigenvalue weighted by molar-refractivity contribution is 6.32. The first kappa shape index (κ1) is 73.6. The van der Waals surface area contributed by atoms with E-state index in [1.165, 1.54) is 24.3 Å². The van der Waals surface area contributed by atoms with E-state index in [2.05, 4.69) is 86.1 Å². The van der Waals surface area contributed by atoms with Gasteiger partial charge in [0.05, 0.1) is 32.8 Å². The summed E-state index contributed by atoms with van der Waals surface area (Å²) in [6.07, 6.45) is 0. The van der Waals surface area contributed by atoms with Gasteiger partial charge in [-0.1, -0.05) is 158 Å². The van der Waals surface area contributed by atoms with Crippen molar-refractivity contribution in [2.75, 3.05) is 26.6 Å². The van der Waals surface area contributed by atoms with Crippen molar-refractivity contribution in [3.8, 4) is 28.7 Å². The molecule has 0 bridgehead atoms. The van der Waals surface area contributed by atoms with Crippen LogP contribution in [0.2, 0.25) is 20.1 Å². The fourth-order valence-corrected chi connectivity index (χ4v) is 12.7. The van der Waals surface area contributed by atoms with Crippen molar-refractivity contribution in [2.45, 2.75) is 32.7 Å². The highest BCUT2D eigenvalue weighted by Crippen LogP contribution is 2.37. The van der Waals surface area contributed by atoms with Gasteiger partial charge in [-0.25, -0.2) is 4.39 Å². The number of rotatable bonds is 15. The lowest BCUT2D eigenvalue weighted by Crippen LogP contribution is -2.13. The molecule has 10 aromatic rings. The van der Waals surface area contributed by atoms with E-state index < -0.39 is 5.82 Å². The van der Waals surface area contributed by atoms with Gasteiger partial charge in [-0.3, -0.25) is 24.0 Å². The molecule has 5 aliphatic heterocycles. The molecule has 0 radical (unpaired) electrons. The molecular weight excluding hydrogens is 1420 g/mol. The summed E-state index contributed by atoms with van der Waals surface area (Å²) in [6.45, 7) is 20.7. The van der Waals surface area contributed by atoms with Crippen LogP contribution in [0.4, 0.5) is 32.8 Å². The third-order valence-electron chi connectivity index (χ3n) is 16.9. The zero-order valence-corrected chi connectivity index (χ0v) is 58.6. The van der Waals surface area contributed by atoms with Crippen LogP contribution < -0.4 is 53.2 Å². The molecule has 5 amide bonds. The SMILES string of the molecule is C=C1NC(=O)c2c(NCc3c(O)cccc3Cl)cccc21.C=C1NC(=O)c2c(NCc3cc(Cl)ccc3O)cccc21.C=C1NC(=O)c2c(NCc3cc(F)ccc3O)cccc21.C=C1NC(=O)c2c(NCc3cc(O)cc(Cl)c3)cccc21.C=C1NC(=O)c2c(NCc3cccc(Cl)c3O)cccc21. The number of aromatic hydroxyl groups is 5. The molecule has 25 heteroatoms. The zero-order valence-electron chi connectivity index (χ0n) is 55.6. The van der Waals surface area contributed by atoms with Crippen molar-refractivity contribution in [3.05, 3.63) is 324 Å². The Labute approximate surface area is 621 Å². The van der Waals surface area contributed by atoms with Crippen LogP contribution in [0.1, 0.15) is 107 Å². The Hall–Kier alpha value is -12.7. The summed E-state index contributed by atoms with van der Waals surface area (Å²) in [7, 11) is 0. The van der Waals surface area contributed by atoms with Crippen LogP contribution >= 0.6 is 46.4 Å². The Bertz CT molecular complexity index is 5000. The van der Waals surface area contributed by atoms with E-state index in [4.69, 9.17) is 46.4 Å². The smallest absolute Gasteiger partial charge is 0.258 e. The molecule has 15 rings (SSSR count). The van der Waals surface area contributed by atoms with Crippen molar-refractivity contribution in [3.63, 3.8) is 0 Å². The molecule has 15 N–H and O–H groups in total. The second-order valence-electron chi connectivity index (χ2n) is 23.9. The molecule has 5 heterocycles. The number of fused-ring (bicyclic) bond motifs is 5. The number of halogens is 5. The van der Waals surface area contributed by atoms with E-state index in [0.29, 0.717) is 148 Å². The maximum absolute atomic E-state index is 13.2. The number of amides is 5. The maximum atomic E-state index is 13.2. The fourth-order valence-electron chi connectivity index (χ4n) is 11.8. The first-order valence-corrected chi connectivity index (χ1v) is 33.6. The summed E-state index contributed by atoms with van der Waals surface area (Å²) < 4.78 is 13.2. The molecule has 0 atom stereocenters. The number of hydrogen-bond acceptors (Lipinski definition) is 15. The Morgan fingerprint density at radius 2 is 0.686 bits per heavy atom. The van der Waals surface area contributed by atoms with Crippen molar-refractivity contribution >= 4 is 133 Å². The van der Waals surface area contributed by atoms with E-state index in [9.17, 15) is 53.9 Å². The molecule has 0 saturated heterocycles. The quantitative estimate of drug-likeness (QED) is 0.0454.